The molecule has 0 spiro atoms. The Labute approximate surface area is 118 Å². The second-order valence-corrected chi connectivity index (χ2v) is 7.15. The summed E-state index contributed by atoms with van der Waals surface area (Å²) in [6.45, 7) is 0.511. The maximum Gasteiger partial charge on any atom is 0.232 e. The zero-order valence-electron chi connectivity index (χ0n) is 9.12. The van der Waals surface area contributed by atoms with Gasteiger partial charge in [-0.1, -0.05) is 15.9 Å². The van der Waals surface area contributed by atoms with Crippen LogP contribution in [0.15, 0.2) is 27.1 Å². The summed E-state index contributed by atoms with van der Waals surface area (Å²) in [5.41, 5.74) is 5.87. The highest BCUT2D eigenvalue weighted by Crippen LogP contribution is 2.27. The first-order valence-electron chi connectivity index (χ1n) is 5.10. The Kier molecular flexibility index (Phi) is 5.91. The molecule has 0 aliphatic carbocycles. The van der Waals surface area contributed by atoms with Crippen molar-refractivity contribution in [1.82, 2.24) is 0 Å². The summed E-state index contributed by atoms with van der Waals surface area (Å²) >= 11 is 6.61. The van der Waals surface area contributed by atoms with Crippen molar-refractivity contribution in [3.63, 3.8) is 0 Å². The zero-order chi connectivity index (χ0) is 12.9. The fourth-order valence-corrected chi connectivity index (χ4v) is 3.70. The highest BCUT2D eigenvalue weighted by molar-refractivity contribution is 9.11. The lowest BCUT2D eigenvalue weighted by Gasteiger charge is -2.09. The van der Waals surface area contributed by atoms with Crippen molar-refractivity contribution in [3.05, 3.63) is 27.1 Å². The molecule has 0 radical (unpaired) electrons. The molecule has 96 valence electrons. The first-order chi connectivity index (χ1) is 7.94. The van der Waals surface area contributed by atoms with Crippen molar-refractivity contribution < 1.29 is 8.42 Å². The van der Waals surface area contributed by atoms with Gasteiger partial charge in [-0.2, -0.15) is 0 Å². The van der Waals surface area contributed by atoms with Crippen LogP contribution in [0.25, 0.3) is 0 Å². The Balaban J connectivity index is 2.69. The molecule has 0 aliphatic heterocycles. The molecule has 0 aliphatic rings. The second kappa shape index (κ2) is 6.72. The van der Waals surface area contributed by atoms with Crippen LogP contribution in [-0.4, -0.2) is 20.7 Å². The molecule has 0 fully saturated rings. The predicted molar refractivity (Wildman–Crippen MR) is 77.5 cm³/mol. The number of halogens is 2. The van der Waals surface area contributed by atoms with Gasteiger partial charge in [-0.15, -0.1) is 0 Å². The van der Waals surface area contributed by atoms with Crippen LogP contribution in [0.3, 0.4) is 0 Å². The average Bonchev–Trinajstić information content (AvgIpc) is 2.22. The molecule has 0 bridgehead atoms. The Morgan fingerprint density at radius 1 is 1.24 bits per heavy atom. The number of sulfonamides is 1. The number of nitrogens with one attached hydrogen (secondary N) is 1. The third-order valence-electron chi connectivity index (χ3n) is 2.06. The average molecular weight is 386 g/mol. The minimum absolute atomic E-state index is 0.0900. The Morgan fingerprint density at radius 2 is 1.94 bits per heavy atom. The van der Waals surface area contributed by atoms with E-state index in [4.69, 9.17) is 5.73 Å². The zero-order valence-corrected chi connectivity index (χ0v) is 13.1. The van der Waals surface area contributed by atoms with E-state index in [0.29, 0.717) is 29.5 Å². The maximum atomic E-state index is 11.7. The van der Waals surface area contributed by atoms with E-state index in [9.17, 15) is 8.42 Å². The number of unbranched alkanes of at least 4 members (excludes halogenated alkanes) is 1. The SMILES string of the molecule is NCCCCS(=O)(=O)Nc1ccc(Br)cc1Br. The van der Waals surface area contributed by atoms with Gasteiger partial charge in [0.25, 0.3) is 0 Å². The number of rotatable bonds is 6. The molecule has 1 rings (SSSR count). The summed E-state index contributed by atoms with van der Waals surface area (Å²) in [4.78, 5) is 0. The molecule has 0 saturated heterocycles. The fourth-order valence-electron chi connectivity index (χ4n) is 1.23. The molecule has 1 aromatic carbocycles. The standard InChI is InChI=1S/C10H14Br2N2O2S/c11-8-3-4-10(9(12)7-8)14-17(15,16)6-2-1-5-13/h3-4,7,14H,1-2,5-6,13H2. The van der Waals surface area contributed by atoms with E-state index in [1.54, 1.807) is 18.2 Å². The summed E-state index contributed by atoms with van der Waals surface area (Å²) in [5.74, 6) is 0.0900. The molecule has 1 aromatic rings. The van der Waals surface area contributed by atoms with E-state index in [1.807, 2.05) is 0 Å². The summed E-state index contributed by atoms with van der Waals surface area (Å²) in [6, 6.07) is 5.27. The molecule has 0 saturated carbocycles. The summed E-state index contributed by atoms with van der Waals surface area (Å²) in [7, 11) is -3.29. The van der Waals surface area contributed by atoms with Gasteiger partial charge in [0.15, 0.2) is 0 Å². The lowest BCUT2D eigenvalue weighted by molar-refractivity contribution is 0.597. The maximum absolute atomic E-state index is 11.7. The molecule has 4 nitrogen and oxygen atoms in total. The van der Waals surface area contributed by atoms with Gasteiger partial charge in [-0.05, 0) is 53.5 Å². The number of hydrogen-bond acceptors (Lipinski definition) is 3. The van der Waals surface area contributed by atoms with Crippen molar-refractivity contribution in [1.29, 1.82) is 0 Å². The van der Waals surface area contributed by atoms with E-state index in [2.05, 4.69) is 36.6 Å². The molecule has 0 unspecified atom stereocenters. The first kappa shape index (κ1) is 14.9. The highest BCUT2D eigenvalue weighted by atomic mass is 79.9. The van der Waals surface area contributed by atoms with Gasteiger partial charge in [-0.3, -0.25) is 4.72 Å². The molecule has 3 N–H and O–H groups in total. The molecule has 0 amide bonds. The summed E-state index contributed by atoms with van der Waals surface area (Å²) in [6.07, 6.45) is 1.28. The molecule has 0 aromatic heterocycles. The van der Waals surface area contributed by atoms with Crippen molar-refractivity contribution in [3.8, 4) is 0 Å². The predicted octanol–water partition coefficient (Wildman–Crippen LogP) is 2.69. The largest absolute Gasteiger partial charge is 0.330 e. The van der Waals surface area contributed by atoms with E-state index >= 15 is 0 Å². The van der Waals surface area contributed by atoms with Crippen molar-refractivity contribution >= 4 is 47.6 Å². The summed E-state index contributed by atoms with van der Waals surface area (Å²) in [5, 5.41) is 0. The van der Waals surface area contributed by atoms with Crippen LogP contribution < -0.4 is 10.5 Å². The third kappa shape index (κ3) is 5.37. The number of hydrogen-bond donors (Lipinski definition) is 2. The van der Waals surface area contributed by atoms with Gasteiger partial charge in [0, 0.05) is 8.95 Å². The van der Waals surface area contributed by atoms with Gasteiger partial charge in [0.05, 0.1) is 11.4 Å². The van der Waals surface area contributed by atoms with Gasteiger partial charge in [0.1, 0.15) is 0 Å². The molecule has 0 heterocycles. The molecule has 17 heavy (non-hydrogen) atoms. The van der Waals surface area contributed by atoms with Crippen LogP contribution in [0.2, 0.25) is 0 Å². The topological polar surface area (TPSA) is 72.2 Å². The third-order valence-corrected chi connectivity index (χ3v) is 4.57. The van der Waals surface area contributed by atoms with Crippen molar-refractivity contribution in [2.75, 3.05) is 17.0 Å². The van der Waals surface area contributed by atoms with Crippen LogP contribution >= 0.6 is 31.9 Å². The molecular weight excluding hydrogens is 372 g/mol. The Bertz CT molecular complexity index is 477. The number of benzene rings is 1. The Hall–Kier alpha value is -0.110. The lowest BCUT2D eigenvalue weighted by atomic mass is 10.3. The normalized spacial score (nSPS) is 11.5. The van der Waals surface area contributed by atoms with E-state index in [1.165, 1.54) is 0 Å². The van der Waals surface area contributed by atoms with Crippen molar-refractivity contribution in [2.24, 2.45) is 5.73 Å². The highest BCUT2D eigenvalue weighted by Gasteiger charge is 2.11. The van der Waals surface area contributed by atoms with Crippen LogP contribution in [-0.2, 0) is 10.0 Å². The van der Waals surface area contributed by atoms with Crippen LogP contribution in [0.4, 0.5) is 5.69 Å². The van der Waals surface area contributed by atoms with E-state index < -0.39 is 10.0 Å². The number of nitrogens with two attached hydrogens (primary N) is 1. The van der Waals surface area contributed by atoms with Crippen LogP contribution in [0, 0.1) is 0 Å². The van der Waals surface area contributed by atoms with Gasteiger partial charge >= 0.3 is 0 Å². The van der Waals surface area contributed by atoms with E-state index in [-0.39, 0.29) is 5.75 Å². The first-order valence-corrected chi connectivity index (χ1v) is 8.34. The lowest BCUT2D eigenvalue weighted by Crippen LogP contribution is -2.17. The smallest absolute Gasteiger partial charge is 0.232 e. The fraction of sp³-hybridized carbons (Fsp3) is 0.400. The van der Waals surface area contributed by atoms with E-state index in [0.717, 1.165) is 4.47 Å². The summed E-state index contributed by atoms with van der Waals surface area (Å²) < 4.78 is 27.6. The minimum atomic E-state index is -3.29. The minimum Gasteiger partial charge on any atom is -0.330 e. The monoisotopic (exact) mass is 384 g/mol. The van der Waals surface area contributed by atoms with Gasteiger partial charge in [0.2, 0.25) is 10.0 Å². The van der Waals surface area contributed by atoms with Crippen LogP contribution in [0.5, 0.6) is 0 Å². The quantitative estimate of drug-likeness (QED) is 0.739. The number of anilines is 1. The Morgan fingerprint density at radius 3 is 2.53 bits per heavy atom. The second-order valence-electron chi connectivity index (χ2n) is 3.54. The molecule has 7 heteroatoms. The molecule has 0 atom stereocenters. The molecular formula is C10H14Br2N2O2S. The van der Waals surface area contributed by atoms with Gasteiger partial charge < -0.3 is 5.73 Å². The van der Waals surface area contributed by atoms with Crippen molar-refractivity contribution in [2.45, 2.75) is 12.8 Å². The van der Waals surface area contributed by atoms with Gasteiger partial charge in [-0.25, -0.2) is 8.42 Å². The van der Waals surface area contributed by atoms with Crippen LogP contribution in [0.1, 0.15) is 12.8 Å².